The predicted molar refractivity (Wildman–Crippen MR) is 510 cm³/mol. The molecule has 7 amide bonds. The molecule has 0 radical (unpaired) electrons. The lowest BCUT2D eigenvalue weighted by molar-refractivity contribution is -0.157. The molecule has 15 N–H and O–H groups in total. The number of amides is 7. The van der Waals surface area contributed by atoms with Gasteiger partial charge in [-0.05, 0) is 129 Å². The maximum Gasteiger partial charge on any atom is 0.407 e. The molecule has 2 fully saturated rings. The van der Waals surface area contributed by atoms with Crippen molar-refractivity contribution in [2.45, 2.75) is 294 Å². The van der Waals surface area contributed by atoms with Crippen LogP contribution in [0.15, 0.2) is 0 Å². The van der Waals surface area contributed by atoms with Gasteiger partial charge in [-0.15, -0.1) is 0 Å². The number of carboxylic acid groups (broad SMARTS) is 9. The fourth-order valence-electron chi connectivity index (χ4n) is 9.99. The molecule has 1 aliphatic heterocycles. The minimum atomic E-state index is -0.945. The first-order chi connectivity index (χ1) is 69.7. The molecule has 0 aromatic rings. The number of ether oxygens (including phenoxy) is 13. The summed E-state index contributed by atoms with van der Waals surface area (Å²) < 4.78 is 62.2. The van der Waals surface area contributed by atoms with Crippen molar-refractivity contribution in [1.29, 1.82) is 0 Å². The van der Waals surface area contributed by atoms with Crippen LogP contribution in [0.4, 0.5) is 9.59 Å². The van der Waals surface area contributed by atoms with E-state index in [9.17, 15) is 129 Å². The highest BCUT2D eigenvalue weighted by Crippen LogP contribution is 2.22. The van der Waals surface area contributed by atoms with Gasteiger partial charge in [0.25, 0.3) is 0 Å². The zero-order chi connectivity index (χ0) is 115. The number of alkyl carbamates (subject to hydrolysis) is 2. The minimum absolute atomic E-state index is 0.00263. The highest BCUT2D eigenvalue weighted by molar-refractivity contribution is 5.89. The Morgan fingerprint density at radius 1 is 0.356 bits per heavy atom. The molecule has 1 saturated heterocycles. The summed E-state index contributed by atoms with van der Waals surface area (Å²) in [5.41, 5.74) is 0. The molecule has 2 rings (SSSR count). The van der Waals surface area contributed by atoms with Crippen LogP contribution in [-0.4, -0.2) is 349 Å². The zero-order valence-electron chi connectivity index (χ0n) is 87.0. The Hall–Kier alpha value is -14.7. The second kappa shape index (κ2) is 95.5. The van der Waals surface area contributed by atoms with Gasteiger partial charge in [0.05, 0.1) is 104 Å². The summed E-state index contributed by atoms with van der Waals surface area (Å²) in [4.78, 5) is 292. The van der Waals surface area contributed by atoms with Crippen molar-refractivity contribution >= 4 is 161 Å². The quantitative estimate of drug-likeness (QED) is 0.0231. The Labute approximate surface area is 861 Å². The van der Waals surface area contributed by atoms with Crippen molar-refractivity contribution in [2.24, 2.45) is 23.7 Å². The Kier molecular flexibility index (Phi) is 94.4. The number of carbonyl (C=O) groups excluding carboxylic acids is 18. The van der Waals surface area contributed by atoms with Crippen molar-refractivity contribution in [3.05, 3.63) is 0 Å². The molecular formula is C93H153N7O49. The fourth-order valence-corrected chi connectivity index (χ4v) is 9.99. The monoisotopic (exact) mass is 2150 g/mol. The van der Waals surface area contributed by atoms with E-state index in [1.807, 2.05) is 13.8 Å². The number of hydrogen-bond donors (Lipinski definition) is 15. The molecule has 56 nitrogen and oxygen atoms in total. The average molecular weight is 2150 g/mol. The maximum absolute atomic E-state index is 11.8. The molecule has 0 bridgehead atoms. The smallest absolute Gasteiger partial charge is 0.407 e. The first-order valence-corrected chi connectivity index (χ1v) is 47.7. The molecule has 149 heavy (non-hydrogen) atoms. The Bertz CT molecular complexity index is 4070. The highest BCUT2D eigenvalue weighted by Gasteiger charge is 2.31. The Morgan fingerprint density at radius 3 is 1.01 bits per heavy atom. The van der Waals surface area contributed by atoms with Crippen LogP contribution in [0.25, 0.3) is 0 Å². The third-order valence-corrected chi connectivity index (χ3v) is 17.6. The molecule has 1 saturated carbocycles. The number of hydrogen-bond acceptors (Lipinski definition) is 40. The van der Waals surface area contributed by atoms with Gasteiger partial charge < -0.3 is 144 Å². The molecule has 3 atom stereocenters. The van der Waals surface area contributed by atoms with Crippen molar-refractivity contribution < 1.29 is 237 Å². The van der Waals surface area contributed by atoms with Crippen LogP contribution in [0.5, 0.6) is 0 Å². The number of carbonyl (C=O) groups is 27. The first kappa shape index (κ1) is 147. The van der Waals surface area contributed by atoms with E-state index in [-0.39, 0.29) is 299 Å². The summed E-state index contributed by atoms with van der Waals surface area (Å²) in [6, 6.07) is -1.24. The van der Waals surface area contributed by atoms with Crippen molar-refractivity contribution in [1.82, 2.24) is 36.8 Å². The van der Waals surface area contributed by atoms with Crippen molar-refractivity contribution in [2.75, 3.05) is 112 Å². The third kappa shape index (κ3) is 110. The van der Waals surface area contributed by atoms with E-state index in [2.05, 4.69) is 50.8 Å². The minimum Gasteiger partial charge on any atom is -0.481 e. The van der Waals surface area contributed by atoms with Gasteiger partial charge in [-0.3, -0.25) is 110 Å². The summed E-state index contributed by atoms with van der Waals surface area (Å²) >= 11 is 0. The van der Waals surface area contributed by atoms with Gasteiger partial charge in [0, 0.05) is 97.9 Å². The van der Waals surface area contributed by atoms with Crippen LogP contribution in [0.2, 0.25) is 0 Å². The summed E-state index contributed by atoms with van der Waals surface area (Å²) in [5, 5.41) is 89.1. The molecule has 1 aliphatic carbocycles. The number of aliphatic carboxylic acids is 9. The van der Waals surface area contributed by atoms with Crippen LogP contribution >= 0.6 is 0 Å². The van der Waals surface area contributed by atoms with Crippen molar-refractivity contribution in [3.8, 4) is 0 Å². The first-order valence-electron chi connectivity index (χ1n) is 47.7. The fraction of sp³-hybridized carbons (Fsp3) is 0.710. The lowest BCUT2D eigenvalue weighted by Gasteiger charge is -2.21. The van der Waals surface area contributed by atoms with E-state index in [0.29, 0.717) is 19.3 Å². The lowest BCUT2D eigenvalue weighted by Crippen LogP contribution is -2.44. The van der Waals surface area contributed by atoms with Gasteiger partial charge in [0.2, 0.25) is 29.5 Å². The average Bonchev–Trinajstić information content (AvgIpc) is 1.84. The molecule has 2 aliphatic rings. The molecule has 0 aromatic heterocycles. The van der Waals surface area contributed by atoms with Crippen LogP contribution in [0.1, 0.15) is 270 Å². The molecule has 0 unspecified atom stereocenters. The van der Waals surface area contributed by atoms with Crippen LogP contribution in [-0.2, 0) is 181 Å². The van der Waals surface area contributed by atoms with Gasteiger partial charge in [0.15, 0.2) is 0 Å². The number of nitrogens with one attached hydrogen (secondary N) is 6. The highest BCUT2D eigenvalue weighted by atomic mass is 16.6. The van der Waals surface area contributed by atoms with Gasteiger partial charge in [-0.25, -0.2) is 19.2 Å². The molecule has 56 heteroatoms. The van der Waals surface area contributed by atoms with E-state index in [1.165, 1.54) is 39.1 Å². The largest absolute Gasteiger partial charge is 0.481 e. The van der Waals surface area contributed by atoms with E-state index < -0.39 is 144 Å². The standard InChI is InChI=1S/C14H22O6.C13H22O6.C11H19NO5.C10H17NO6.C10H17NO5.C9H15NO6.C9H13NO5.C9H15NO5.C8H13NO5/c15-12(16)7-4-10-19-13(17)8-9-14(18)20-11-5-2-1-3-6-11;1-4-18-12(16)8-10(9(2)3)13(17)19-7-5-6-11(14)15;1-7(2)10(12-8(3)13)11(16)17-6-4-5-9(14)15;1-7(2)17-10(15)11-6-9(14)16-5-3-4-8(12)13;1-7(2)10(15)11-6-9(14)16-5-3-4-8(12)13;1-2-15-9(14)10-6-8(13)16-5-3-4-7(11)12;11-7-4-3-6(10-7)9(14)15-5-1-2-8(12)13;1-7(11)10(2)6-9(14)15-5-3-4-8(12)13;1-6(10)9-5-8(13)14-4-2-3-7(11)12/h11H,1-10H2,(H,15,16);9-10H,4-8H2,1-3H3,(H,14,15);7,10H,4-6H2,1-3H3,(H,12,13)(H,14,15);7H,3-6H2,1-2H3,(H,11,15)(H,12,13);7H,3-6H2,1-2H3,(H,11,15)(H,12,13);2-6H2,1H3,(H,10,14)(H,11,12);6H,1-5H2,(H,10,11)(H,12,13);3-6H2,1-2H3,(H,12,13);2-5H2,1H3,(H,9,10)(H,11,12)/t;2*10-;;;;6-;;/m.00...0../s1. The van der Waals surface area contributed by atoms with E-state index in [0.717, 1.165) is 25.7 Å². The van der Waals surface area contributed by atoms with Crippen LogP contribution in [0, 0.1) is 23.7 Å². The number of likely N-dealkylation sites (N-methyl/N-ethyl adjacent to an activating group) is 1. The van der Waals surface area contributed by atoms with Gasteiger partial charge in [0.1, 0.15) is 50.9 Å². The number of nitrogens with zero attached hydrogens (tertiary/aromatic N) is 1. The van der Waals surface area contributed by atoms with Crippen LogP contribution in [0.3, 0.4) is 0 Å². The van der Waals surface area contributed by atoms with Gasteiger partial charge in [-0.1, -0.05) is 48.0 Å². The summed E-state index contributed by atoms with van der Waals surface area (Å²) in [6.45, 7) is 21.3. The molecular weight excluding hydrogens is 2000 g/mol. The number of rotatable bonds is 62. The topological polar surface area (TPSA) is 838 Å². The second-order valence-corrected chi connectivity index (χ2v) is 32.5. The molecule has 1 heterocycles. The summed E-state index contributed by atoms with van der Waals surface area (Å²) in [6.07, 6.45) is 6.43. The van der Waals surface area contributed by atoms with E-state index in [4.69, 9.17) is 88.6 Å². The van der Waals surface area contributed by atoms with E-state index >= 15 is 0 Å². The molecule has 0 aromatic carbocycles. The number of esters is 11. The van der Waals surface area contributed by atoms with Crippen molar-refractivity contribution in [3.63, 3.8) is 0 Å². The zero-order valence-corrected chi connectivity index (χ0v) is 87.0. The second-order valence-electron chi connectivity index (χ2n) is 32.5. The summed E-state index contributed by atoms with van der Waals surface area (Å²) in [7, 11) is 1.49. The summed E-state index contributed by atoms with van der Waals surface area (Å²) in [5.74, 6) is -16.1. The number of carboxylic acids is 9. The third-order valence-electron chi connectivity index (χ3n) is 17.6. The lowest BCUT2D eigenvalue weighted by atomic mass is 9.93. The van der Waals surface area contributed by atoms with Gasteiger partial charge >= 0.3 is 132 Å². The van der Waals surface area contributed by atoms with E-state index in [1.54, 1.807) is 55.4 Å². The molecule has 0 spiro atoms. The Balaban J connectivity index is -0.000000305. The van der Waals surface area contributed by atoms with Crippen LogP contribution < -0.4 is 31.9 Å². The van der Waals surface area contributed by atoms with Gasteiger partial charge in [-0.2, -0.15) is 0 Å². The maximum atomic E-state index is 11.8. The molecule has 854 valence electrons. The SMILES string of the molecule is CC(=O)N(C)CC(=O)OCCCC(=O)O.CC(=O)NCC(=O)OCCCC(=O)O.CC(=O)N[C@H](C(=O)OCCCC(=O)O)C(C)C.CC(C)C(=O)NCC(=O)OCCCC(=O)O.CC(C)OC(=O)NCC(=O)OCCCC(=O)O.CCOC(=O)C[C@H](C(=O)OCCCC(=O)O)C(C)C.CCOC(=O)NCC(=O)OCCCC(=O)O.O=C(O)CCCOC(=O)CCC(=O)OC1CCCCC1.O=C(O)CCCOC(=O)[C@@H]1CCC(=O)N1. The predicted octanol–water partition coefficient (Wildman–Crippen LogP) is 4.14. The Morgan fingerprint density at radius 2 is 0.691 bits per heavy atom. The normalized spacial score (nSPS) is 12.0.